The van der Waals surface area contributed by atoms with Crippen molar-refractivity contribution in [3.05, 3.63) is 18.3 Å². The van der Waals surface area contributed by atoms with E-state index in [4.69, 9.17) is 0 Å². The number of hydrogen-bond acceptors (Lipinski definition) is 4. The molecule has 20 heavy (non-hydrogen) atoms. The topological polar surface area (TPSA) is 57.3 Å². The van der Waals surface area contributed by atoms with E-state index in [1.165, 1.54) is 0 Å². The Hall–Kier alpha value is -1.62. The minimum Gasteiger partial charge on any atom is -0.357 e. The van der Waals surface area contributed by atoms with E-state index in [9.17, 15) is 4.79 Å². The molecule has 0 spiro atoms. The Morgan fingerprint density at radius 3 is 2.60 bits per heavy atom. The monoisotopic (exact) mass is 276 g/mol. The summed E-state index contributed by atoms with van der Waals surface area (Å²) in [6.07, 6.45) is 3.57. The van der Waals surface area contributed by atoms with Gasteiger partial charge in [-0.15, -0.1) is 0 Å². The maximum atomic E-state index is 12.1. The van der Waals surface area contributed by atoms with Gasteiger partial charge >= 0.3 is 0 Å². The first-order valence-electron chi connectivity index (χ1n) is 7.47. The number of anilines is 2. The highest BCUT2D eigenvalue weighted by atomic mass is 16.1. The van der Waals surface area contributed by atoms with Crippen LogP contribution in [0.15, 0.2) is 18.3 Å². The van der Waals surface area contributed by atoms with Crippen LogP contribution < -0.4 is 15.5 Å². The number of aromatic nitrogens is 1. The van der Waals surface area contributed by atoms with Crippen LogP contribution in [0, 0.1) is 5.92 Å². The van der Waals surface area contributed by atoms with Crippen LogP contribution in [0.3, 0.4) is 0 Å². The zero-order valence-electron chi connectivity index (χ0n) is 12.4. The number of pyridine rings is 1. The van der Waals surface area contributed by atoms with Gasteiger partial charge in [0.05, 0.1) is 11.9 Å². The Morgan fingerprint density at radius 2 is 2.05 bits per heavy atom. The van der Waals surface area contributed by atoms with Crippen molar-refractivity contribution in [2.24, 2.45) is 5.92 Å². The molecular formula is C15H24N4O. The van der Waals surface area contributed by atoms with E-state index in [0.717, 1.165) is 50.5 Å². The molecule has 0 bridgehead atoms. The lowest BCUT2D eigenvalue weighted by molar-refractivity contribution is -0.120. The third-order valence-corrected chi connectivity index (χ3v) is 3.81. The zero-order chi connectivity index (χ0) is 14.4. The van der Waals surface area contributed by atoms with Gasteiger partial charge in [-0.2, -0.15) is 0 Å². The summed E-state index contributed by atoms with van der Waals surface area (Å²) < 4.78 is 0. The van der Waals surface area contributed by atoms with Crippen molar-refractivity contribution in [2.75, 3.05) is 36.4 Å². The minimum absolute atomic E-state index is 0.115. The molecule has 0 radical (unpaired) electrons. The second-order valence-electron chi connectivity index (χ2n) is 5.09. The first kappa shape index (κ1) is 14.8. The summed E-state index contributed by atoms with van der Waals surface area (Å²) in [5.41, 5.74) is 0.782. The Bertz CT molecular complexity index is 422. The van der Waals surface area contributed by atoms with Crippen LogP contribution in [0.4, 0.5) is 11.5 Å². The van der Waals surface area contributed by atoms with E-state index < -0.39 is 0 Å². The predicted octanol–water partition coefficient (Wildman–Crippen LogP) is 1.87. The van der Waals surface area contributed by atoms with E-state index in [1.54, 1.807) is 6.20 Å². The van der Waals surface area contributed by atoms with E-state index in [0.29, 0.717) is 0 Å². The maximum Gasteiger partial charge on any atom is 0.227 e. The van der Waals surface area contributed by atoms with Crippen molar-refractivity contribution in [3.63, 3.8) is 0 Å². The number of nitrogens with one attached hydrogen (secondary N) is 2. The molecule has 1 amide bonds. The largest absolute Gasteiger partial charge is 0.357 e. The fourth-order valence-electron chi connectivity index (χ4n) is 2.52. The molecule has 0 aromatic carbocycles. The Balaban J connectivity index is 1.94. The number of amides is 1. The molecule has 5 heteroatoms. The average molecular weight is 276 g/mol. The van der Waals surface area contributed by atoms with Gasteiger partial charge in [0.1, 0.15) is 5.82 Å². The van der Waals surface area contributed by atoms with Gasteiger partial charge in [0.15, 0.2) is 0 Å². The molecule has 1 aromatic heterocycles. The van der Waals surface area contributed by atoms with Crippen LogP contribution >= 0.6 is 0 Å². The van der Waals surface area contributed by atoms with Crippen LogP contribution in [-0.2, 0) is 4.79 Å². The highest BCUT2D eigenvalue weighted by Gasteiger charge is 2.20. The second-order valence-corrected chi connectivity index (χ2v) is 5.09. The number of carbonyl (C=O) groups excluding carboxylic acids is 1. The van der Waals surface area contributed by atoms with E-state index in [1.807, 2.05) is 12.1 Å². The summed E-state index contributed by atoms with van der Waals surface area (Å²) in [5.74, 6) is 1.19. The lowest BCUT2D eigenvalue weighted by atomic mass is 9.97. The lowest BCUT2D eigenvalue weighted by Gasteiger charge is -2.22. The lowest BCUT2D eigenvalue weighted by Crippen LogP contribution is -2.34. The molecule has 110 valence electrons. The summed E-state index contributed by atoms with van der Waals surface area (Å²) in [4.78, 5) is 18.7. The number of rotatable bonds is 5. The third kappa shape index (κ3) is 3.70. The minimum atomic E-state index is 0.115. The van der Waals surface area contributed by atoms with E-state index in [-0.39, 0.29) is 11.8 Å². The van der Waals surface area contributed by atoms with Gasteiger partial charge in [-0.25, -0.2) is 4.98 Å². The number of carbonyl (C=O) groups is 1. The fraction of sp³-hybridized carbons (Fsp3) is 0.600. The highest BCUT2D eigenvalue weighted by Crippen LogP contribution is 2.17. The van der Waals surface area contributed by atoms with Gasteiger partial charge in [0, 0.05) is 19.0 Å². The molecule has 1 aliphatic rings. The third-order valence-electron chi connectivity index (χ3n) is 3.81. The first-order valence-corrected chi connectivity index (χ1v) is 7.47. The standard InChI is InChI=1S/C15H24N4O/c1-3-19(4-2)14-6-5-13(11-17-14)18-15(20)12-7-9-16-10-8-12/h5-6,11-12,16H,3-4,7-10H2,1-2H3,(H,18,20). The molecule has 2 N–H and O–H groups in total. The first-order chi connectivity index (χ1) is 9.74. The Labute approximate surface area is 120 Å². The number of nitrogens with zero attached hydrogens (tertiary/aromatic N) is 2. The molecule has 5 nitrogen and oxygen atoms in total. The van der Waals surface area contributed by atoms with Gasteiger partial charge in [-0.3, -0.25) is 4.79 Å². The maximum absolute atomic E-state index is 12.1. The zero-order valence-corrected chi connectivity index (χ0v) is 12.4. The Kier molecular flexibility index (Phi) is 5.35. The van der Waals surface area contributed by atoms with Crippen LogP contribution in [0.2, 0.25) is 0 Å². The van der Waals surface area contributed by atoms with Crippen molar-refractivity contribution in [3.8, 4) is 0 Å². The molecule has 0 unspecified atom stereocenters. The number of piperidine rings is 1. The molecular weight excluding hydrogens is 252 g/mol. The van der Waals surface area contributed by atoms with E-state index >= 15 is 0 Å². The Morgan fingerprint density at radius 1 is 1.35 bits per heavy atom. The molecule has 0 saturated carbocycles. The normalized spacial score (nSPS) is 15.9. The van der Waals surface area contributed by atoms with Crippen LogP contribution in [-0.4, -0.2) is 37.1 Å². The van der Waals surface area contributed by atoms with Crippen LogP contribution in [0.5, 0.6) is 0 Å². The molecule has 0 aliphatic carbocycles. The molecule has 1 fully saturated rings. The molecule has 2 heterocycles. The SMILES string of the molecule is CCN(CC)c1ccc(NC(=O)C2CCNCC2)cn1. The van der Waals surface area contributed by atoms with Crippen molar-refractivity contribution < 1.29 is 4.79 Å². The second kappa shape index (κ2) is 7.24. The summed E-state index contributed by atoms with van der Waals surface area (Å²) in [7, 11) is 0. The fourth-order valence-corrected chi connectivity index (χ4v) is 2.52. The highest BCUT2D eigenvalue weighted by molar-refractivity contribution is 5.92. The van der Waals surface area contributed by atoms with Crippen molar-refractivity contribution in [1.82, 2.24) is 10.3 Å². The van der Waals surface area contributed by atoms with Gasteiger partial charge in [0.25, 0.3) is 0 Å². The van der Waals surface area contributed by atoms with Crippen LogP contribution in [0.25, 0.3) is 0 Å². The van der Waals surface area contributed by atoms with Gasteiger partial charge in [-0.1, -0.05) is 0 Å². The molecule has 1 aromatic rings. The smallest absolute Gasteiger partial charge is 0.227 e. The average Bonchev–Trinajstić information content (AvgIpc) is 2.51. The van der Waals surface area contributed by atoms with Crippen molar-refractivity contribution >= 4 is 17.4 Å². The predicted molar refractivity (Wildman–Crippen MR) is 82.0 cm³/mol. The number of hydrogen-bond donors (Lipinski definition) is 2. The summed E-state index contributed by atoms with van der Waals surface area (Å²) in [6.45, 7) is 7.94. The van der Waals surface area contributed by atoms with Crippen molar-refractivity contribution in [2.45, 2.75) is 26.7 Å². The van der Waals surface area contributed by atoms with Gasteiger partial charge in [0.2, 0.25) is 5.91 Å². The van der Waals surface area contributed by atoms with Gasteiger partial charge < -0.3 is 15.5 Å². The van der Waals surface area contributed by atoms with Gasteiger partial charge in [-0.05, 0) is 51.9 Å². The molecule has 0 atom stereocenters. The van der Waals surface area contributed by atoms with Crippen molar-refractivity contribution in [1.29, 1.82) is 0 Å². The quantitative estimate of drug-likeness (QED) is 0.862. The van der Waals surface area contributed by atoms with E-state index in [2.05, 4.69) is 34.4 Å². The molecule has 2 rings (SSSR count). The summed E-state index contributed by atoms with van der Waals surface area (Å²) in [6, 6.07) is 3.89. The molecule has 1 aliphatic heterocycles. The van der Waals surface area contributed by atoms with Crippen LogP contribution in [0.1, 0.15) is 26.7 Å². The molecule has 1 saturated heterocycles. The summed E-state index contributed by atoms with van der Waals surface area (Å²) in [5, 5.41) is 6.23. The summed E-state index contributed by atoms with van der Waals surface area (Å²) >= 11 is 0.